The molecule has 0 atom stereocenters. The number of furan rings is 1. The topological polar surface area (TPSA) is 125 Å². The summed E-state index contributed by atoms with van der Waals surface area (Å²) in [5, 5.41) is 12.3. The molecule has 0 aliphatic heterocycles. The first-order valence-corrected chi connectivity index (χ1v) is 11.8. The molecule has 0 radical (unpaired) electrons. The van der Waals surface area contributed by atoms with E-state index in [-0.39, 0.29) is 5.91 Å². The predicted octanol–water partition coefficient (Wildman–Crippen LogP) is 5.95. The van der Waals surface area contributed by atoms with Gasteiger partial charge >= 0.3 is 0 Å². The maximum atomic E-state index is 12.2. The van der Waals surface area contributed by atoms with E-state index >= 15 is 0 Å². The summed E-state index contributed by atoms with van der Waals surface area (Å²) >= 11 is 0. The number of pyridine rings is 3. The van der Waals surface area contributed by atoms with Gasteiger partial charge in [0.15, 0.2) is 5.65 Å². The van der Waals surface area contributed by atoms with E-state index in [0.717, 1.165) is 62.9 Å². The summed E-state index contributed by atoms with van der Waals surface area (Å²) in [5.74, 6) is -0.00964. The normalized spacial score (nSPS) is 11.4. The number of amides is 1. The van der Waals surface area contributed by atoms with Gasteiger partial charge in [-0.05, 0) is 36.8 Å². The van der Waals surface area contributed by atoms with Gasteiger partial charge in [0.05, 0.1) is 35.8 Å². The maximum absolute atomic E-state index is 12.2. The van der Waals surface area contributed by atoms with E-state index in [2.05, 4.69) is 42.4 Å². The second-order valence-corrected chi connectivity index (χ2v) is 8.62. The van der Waals surface area contributed by atoms with E-state index in [1.165, 1.54) is 0 Å². The number of fused-ring (bicyclic) bond motifs is 2. The molecule has 9 nitrogen and oxygen atoms in total. The molecule has 6 heterocycles. The van der Waals surface area contributed by atoms with Crippen LogP contribution in [0.3, 0.4) is 0 Å². The van der Waals surface area contributed by atoms with Crippen LogP contribution < -0.4 is 5.32 Å². The number of aromatic nitrogens is 6. The summed E-state index contributed by atoms with van der Waals surface area (Å²) in [5.41, 5.74) is 7.38. The molecule has 0 aromatic carbocycles. The summed E-state index contributed by atoms with van der Waals surface area (Å²) in [6, 6.07) is 9.81. The predicted molar refractivity (Wildman–Crippen MR) is 138 cm³/mol. The van der Waals surface area contributed by atoms with Gasteiger partial charge in [-0.3, -0.25) is 19.9 Å². The Labute approximate surface area is 206 Å². The number of anilines is 1. The summed E-state index contributed by atoms with van der Waals surface area (Å²) in [7, 11) is 0. The zero-order valence-corrected chi connectivity index (χ0v) is 19.6. The molecule has 0 unspecified atom stereocenters. The fourth-order valence-electron chi connectivity index (χ4n) is 4.30. The highest BCUT2D eigenvalue weighted by Crippen LogP contribution is 2.34. The van der Waals surface area contributed by atoms with Crippen molar-refractivity contribution in [1.29, 1.82) is 0 Å². The largest absolute Gasteiger partial charge is 0.472 e. The fourth-order valence-corrected chi connectivity index (χ4v) is 4.30. The molecular formula is C27H23N7O2. The molecule has 6 aromatic rings. The highest BCUT2D eigenvalue weighted by atomic mass is 16.3. The Kier molecular flexibility index (Phi) is 5.49. The molecule has 6 rings (SSSR count). The van der Waals surface area contributed by atoms with E-state index in [4.69, 9.17) is 4.42 Å². The van der Waals surface area contributed by atoms with Crippen LogP contribution in [0.25, 0.3) is 55.7 Å². The molecule has 3 N–H and O–H groups in total. The van der Waals surface area contributed by atoms with Crippen LogP contribution in [0.5, 0.6) is 0 Å². The average molecular weight is 478 g/mol. The van der Waals surface area contributed by atoms with Crippen LogP contribution >= 0.6 is 0 Å². The van der Waals surface area contributed by atoms with Crippen molar-refractivity contribution < 1.29 is 9.21 Å². The highest BCUT2D eigenvalue weighted by Gasteiger charge is 2.16. The number of carbonyl (C=O) groups is 1. The number of hydrogen-bond acceptors (Lipinski definition) is 6. The molecule has 6 aromatic heterocycles. The molecule has 0 aliphatic carbocycles. The highest BCUT2D eigenvalue weighted by molar-refractivity contribution is 6.00. The van der Waals surface area contributed by atoms with Crippen molar-refractivity contribution in [2.45, 2.75) is 26.2 Å². The van der Waals surface area contributed by atoms with Gasteiger partial charge in [0.2, 0.25) is 5.91 Å². The Hall–Kier alpha value is -4.79. The second kappa shape index (κ2) is 9.10. The second-order valence-electron chi connectivity index (χ2n) is 8.62. The van der Waals surface area contributed by atoms with Gasteiger partial charge in [-0.1, -0.05) is 13.3 Å². The lowest BCUT2D eigenvalue weighted by atomic mass is 10.1. The molecule has 0 spiro atoms. The lowest BCUT2D eigenvalue weighted by Gasteiger charge is -2.07. The first-order valence-electron chi connectivity index (χ1n) is 11.8. The zero-order valence-electron chi connectivity index (χ0n) is 19.6. The third-order valence-corrected chi connectivity index (χ3v) is 6.13. The first-order chi connectivity index (χ1) is 17.7. The molecule has 0 bridgehead atoms. The molecule has 36 heavy (non-hydrogen) atoms. The average Bonchev–Trinajstić information content (AvgIpc) is 3.66. The molecule has 178 valence electrons. The quantitative estimate of drug-likeness (QED) is 0.261. The van der Waals surface area contributed by atoms with Crippen molar-refractivity contribution in [3.63, 3.8) is 0 Å². The van der Waals surface area contributed by atoms with Crippen LogP contribution in [0.2, 0.25) is 0 Å². The Morgan fingerprint density at radius 2 is 1.92 bits per heavy atom. The molecule has 0 fully saturated rings. The van der Waals surface area contributed by atoms with Crippen LogP contribution in [0, 0.1) is 0 Å². The number of carbonyl (C=O) groups excluding carboxylic acids is 1. The van der Waals surface area contributed by atoms with Crippen LogP contribution in [0.15, 0.2) is 72.1 Å². The molecule has 0 saturated carbocycles. The van der Waals surface area contributed by atoms with Gasteiger partial charge in [0.1, 0.15) is 5.69 Å². The van der Waals surface area contributed by atoms with Gasteiger partial charge in [-0.25, -0.2) is 4.98 Å². The van der Waals surface area contributed by atoms with Crippen molar-refractivity contribution in [3.05, 3.63) is 67.6 Å². The first kappa shape index (κ1) is 21.7. The Balaban J connectivity index is 1.37. The third-order valence-electron chi connectivity index (χ3n) is 6.13. The smallest absolute Gasteiger partial charge is 0.224 e. The number of nitrogens with zero attached hydrogens (tertiary/aromatic N) is 4. The summed E-state index contributed by atoms with van der Waals surface area (Å²) in [6.07, 6.45) is 12.6. The number of rotatable bonds is 7. The van der Waals surface area contributed by atoms with Gasteiger partial charge in [0.25, 0.3) is 0 Å². The number of hydrogen-bond donors (Lipinski definition) is 3. The van der Waals surface area contributed by atoms with Crippen LogP contribution in [0.4, 0.5) is 5.69 Å². The van der Waals surface area contributed by atoms with E-state index in [1.54, 1.807) is 37.3 Å². The summed E-state index contributed by atoms with van der Waals surface area (Å²) in [6.45, 7) is 2.06. The Morgan fingerprint density at radius 1 is 1.00 bits per heavy atom. The molecule has 1 amide bonds. The van der Waals surface area contributed by atoms with Gasteiger partial charge < -0.3 is 14.7 Å². The van der Waals surface area contributed by atoms with Crippen molar-refractivity contribution in [1.82, 2.24) is 30.1 Å². The van der Waals surface area contributed by atoms with Crippen LogP contribution in [-0.4, -0.2) is 36.0 Å². The monoisotopic (exact) mass is 477 g/mol. The van der Waals surface area contributed by atoms with Crippen molar-refractivity contribution in [2.75, 3.05) is 5.32 Å². The van der Waals surface area contributed by atoms with Crippen LogP contribution in [0.1, 0.15) is 26.2 Å². The zero-order chi connectivity index (χ0) is 24.5. The molecule has 0 aliphatic rings. The van der Waals surface area contributed by atoms with E-state index < -0.39 is 0 Å². The van der Waals surface area contributed by atoms with E-state index in [0.29, 0.717) is 17.8 Å². The van der Waals surface area contributed by atoms with Crippen molar-refractivity contribution >= 4 is 33.5 Å². The minimum absolute atomic E-state index is 0.00964. The number of unbranched alkanes of at least 4 members (excludes halogenated alkanes) is 1. The fraction of sp³-hybridized carbons (Fsp3) is 0.148. The molecule has 9 heteroatoms. The Morgan fingerprint density at radius 3 is 2.78 bits per heavy atom. The molecule has 0 saturated heterocycles. The van der Waals surface area contributed by atoms with Gasteiger partial charge in [-0.2, -0.15) is 5.10 Å². The third kappa shape index (κ3) is 4.00. The number of aromatic amines is 2. The summed E-state index contributed by atoms with van der Waals surface area (Å²) in [4.78, 5) is 29.1. The van der Waals surface area contributed by atoms with E-state index in [9.17, 15) is 4.79 Å². The van der Waals surface area contributed by atoms with Gasteiger partial charge in [0, 0.05) is 58.0 Å². The van der Waals surface area contributed by atoms with E-state index in [1.807, 2.05) is 30.3 Å². The lowest BCUT2D eigenvalue weighted by molar-refractivity contribution is -0.116. The number of nitrogens with one attached hydrogen (secondary N) is 3. The standard InChI is InChI=1S/C27H23N7O2/c1-2-3-4-24(35)31-19-9-17(12-28-14-19)18-10-21-26(33-34-27(21)30-13-18)23-11-20-22(32-23)5-7-29-25(20)16-6-8-36-15-16/h5-15,32H,2-4H2,1H3,(H,31,35)(H,30,33,34). The number of H-pyrrole nitrogens is 2. The SMILES string of the molecule is CCCCC(=O)Nc1cncc(-c2cnc3[nH]nc(-c4cc5c(-c6ccoc6)nccc5[nH]4)c3c2)c1. The van der Waals surface area contributed by atoms with Gasteiger partial charge in [-0.15, -0.1) is 0 Å². The summed E-state index contributed by atoms with van der Waals surface area (Å²) < 4.78 is 5.25. The minimum atomic E-state index is -0.00964. The van der Waals surface area contributed by atoms with Crippen molar-refractivity contribution in [2.24, 2.45) is 0 Å². The maximum Gasteiger partial charge on any atom is 0.224 e. The van der Waals surface area contributed by atoms with Crippen molar-refractivity contribution in [3.8, 4) is 33.8 Å². The minimum Gasteiger partial charge on any atom is -0.472 e. The Bertz CT molecular complexity index is 1680. The lowest BCUT2D eigenvalue weighted by Crippen LogP contribution is -2.11. The van der Waals surface area contributed by atoms with Crippen LogP contribution in [-0.2, 0) is 4.79 Å². The molecular weight excluding hydrogens is 454 g/mol.